The molecule has 1 aromatic carbocycles. The molecular weight excluding hydrogens is 153 g/mol. The average Bonchev–Trinajstić information content (AvgIpc) is 2.54. The van der Waals surface area contributed by atoms with Crippen LogP contribution in [0.25, 0.3) is 0 Å². The predicted molar refractivity (Wildman–Crippen MR) is 47.0 cm³/mol. The number of anilines is 1. The number of halogens is 1. The Morgan fingerprint density at radius 3 is 3.08 bits per heavy atom. The van der Waals surface area contributed by atoms with Crippen molar-refractivity contribution in [2.75, 3.05) is 18.0 Å². The van der Waals surface area contributed by atoms with E-state index in [0.717, 1.165) is 12.2 Å². The molecule has 0 saturated carbocycles. The summed E-state index contributed by atoms with van der Waals surface area (Å²) in [7, 11) is 0. The van der Waals surface area contributed by atoms with E-state index in [2.05, 4.69) is 11.0 Å². The molecule has 0 aromatic heterocycles. The minimum Gasteiger partial charge on any atom is -0.368 e. The number of rotatable bonds is 1. The zero-order chi connectivity index (χ0) is 8.39. The van der Waals surface area contributed by atoms with E-state index < -0.39 is 6.17 Å². The molecule has 12 heavy (non-hydrogen) atoms. The van der Waals surface area contributed by atoms with Crippen LogP contribution in [-0.4, -0.2) is 19.3 Å². The topological polar surface area (TPSA) is 3.24 Å². The van der Waals surface area contributed by atoms with Crippen molar-refractivity contribution < 1.29 is 4.39 Å². The Kier molecular flexibility index (Phi) is 1.98. The molecule has 1 aliphatic heterocycles. The second-order valence-electron chi connectivity index (χ2n) is 3.09. The maximum absolute atomic E-state index is 12.8. The first kappa shape index (κ1) is 7.59. The molecule has 2 heteroatoms. The summed E-state index contributed by atoms with van der Waals surface area (Å²) in [6.45, 7) is 1.37. The van der Waals surface area contributed by atoms with Gasteiger partial charge >= 0.3 is 0 Å². The van der Waals surface area contributed by atoms with Crippen molar-refractivity contribution in [3.8, 4) is 0 Å². The van der Waals surface area contributed by atoms with Crippen LogP contribution in [0.3, 0.4) is 0 Å². The molecule has 1 saturated heterocycles. The molecule has 1 heterocycles. The highest BCUT2D eigenvalue weighted by atomic mass is 19.1. The maximum atomic E-state index is 12.8. The van der Waals surface area contributed by atoms with Gasteiger partial charge in [0, 0.05) is 18.8 Å². The van der Waals surface area contributed by atoms with E-state index in [1.54, 1.807) is 0 Å². The van der Waals surface area contributed by atoms with Gasteiger partial charge in [-0.15, -0.1) is 0 Å². The lowest BCUT2D eigenvalue weighted by molar-refractivity contribution is 0.364. The molecule has 1 radical (unpaired) electrons. The van der Waals surface area contributed by atoms with E-state index >= 15 is 0 Å². The van der Waals surface area contributed by atoms with Gasteiger partial charge in [-0.1, -0.05) is 12.1 Å². The molecule has 1 atom stereocenters. The van der Waals surface area contributed by atoms with Crippen LogP contribution in [0.2, 0.25) is 0 Å². The SMILES string of the molecule is F[C@@H]1CCN(c2c[c]ccc2)C1. The van der Waals surface area contributed by atoms with Gasteiger partial charge in [0.05, 0.1) is 0 Å². The van der Waals surface area contributed by atoms with Crippen LogP contribution in [0.5, 0.6) is 0 Å². The van der Waals surface area contributed by atoms with Gasteiger partial charge in [0.1, 0.15) is 6.17 Å². The van der Waals surface area contributed by atoms with E-state index in [1.807, 2.05) is 24.3 Å². The summed E-state index contributed by atoms with van der Waals surface area (Å²) >= 11 is 0. The molecule has 0 amide bonds. The molecule has 1 aromatic rings. The fraction of sp³-hybridized carbons (Fsp3) is 0.400. The summed E-state index contributed by atoms with van der Waals surface area (Å²) in [6.07, 6.45) is 0.0136. The molecule has 0 spiro atoms. The maximum Gasteiger partial charge on any atom is 0.119 e. The molecule has 1 fully saturated rings. The fourth-order valence-corrected chi connectivity index (χ4v) is 1.53. The first-order valence-electron chi connectivity index (χ1n) is 4.21. The third-order valence-corrected chi connectivity index (χ3v) is 2.19. The summed E-state index contributed by atoms with van der Waals surface area (Å²) in [5, 5.41) is 0. The van der Waals surface area contributed by atoms with E-state index in [0.29, 0.717) is 13.0 Å². The summed E-state index contributed by atoms with van der Waals surface area (Å²) in [5.41, 5.74) is 1.08. The number of hydrogen-bond donors (Lipinski definition) is 0. The second-order valence-corrected chi connectivity index (χ2v) is 3.09. The largest absolute Gasteiger partial charge is 0.368 e. The van der Waals surface area contributed by atoms with E-state index in [4.69, 9.17) is 0 Å². The summed E-state index contributed by atoms with van der Waals surface area (Å²) in [4.78, 5) is 2.06. The van der Waals surface area contributed by atoms with Crippen molar-refractivity contribution in [1.82, 2.24) is 0 Å². The van der Waals surface area contributed by atoms with Gasteiger partial charge < -0.3 is 4.90 Å². The average molecular weight is 164 g/mol. The molecule has 1 nitrogen and oxygen atoms in total. The lowest BCUT2D eigenvalue weighted by Gasteiger charge is -2.16. The standard InChI is InChI=1S/C10H11FN/c11-9-6-7-12(8-9)10-4-2-1-3-5-10/h1-2,4-5,9H,6-8H2/t9-/m1/s1. The minimum atomic E-state index is -0.648. The van der Waals surface area contributed by atoms with Crippen LogP contribution in [0.4, 0.5) is 10.1 Å². The Hall–Kier alpha value is -1.05. The van der Waals surface area contributed by atoms with Crippen LogP contribution >= 0.6 is 0 Å². The summed E-state index contributed by atoms with van der Waals surface area (Å²) in [6, 6.07) is 10.7. The fourth-order valence-electron chi connectivity index (χ4n) is 1.53. The summed E-state index contributed by atoms with van der Waals surface area (Å²) in [5.74, 6) is 0. The smallest absolute Gasteiger partial charge is 0.119 e. The van der Waals surface area contributed by atoms with Gasteiger partial charge in [-0.2, -0.15) is 0 Å². The molecule has 63 valence electrons. The van der Waals surface area contributed by atoms with E-state index in [1.165, 1.54) is 0 Å². The first-order valence-corrected chi connectivity index (χ1v) is 4.21. The molecule has 0 aliphatic carbocycles. The Balaban J connectivity index is 2.11. The Bertz CT molecular complexity index is 247. The Morgan fingerprint density at radius 2 is 2.50 bits per heavy atom. The normalized spacial score (nSPS) is 23.1. The molecular formula is C10H11FN. The van der Waals surface area contributed by atoms with Crippen LogP contribution in [0.1, 0.15) is 6.42 Å². The lowest BCUT2D eigenvalue weighted by Crippen LogP contribution is -2.19. The van der Waals surface area contributed by atoms with Crippen molar-refractivity contribution in [1.29, 1.82) is 0 Å². The molecule has 0 bridgehead atoms. The highest BCUT2D eigenvalue weighted by molar-refractivity contribution is 5.46. The van der Waals surface area contributed by atoms with Crippen molar-refractivity contribution in [2.45, 2.75) is 12.6 Å². The molecule has 1 aliphatic rings. The second kappa shape index (κ2) is 3.13. The quantitative estimate of drug-likeness (QED) is 0.614. The van der Waals surface area contributed by atoms with Crippen molar-refractivity contribution in [3.63, 3.8) is 0 Å². The van der Waals surface area contributed by atoms with E-state index in [-0.39, 0.29) is 0 Å². The molecule has 0 unspecified atom stereocenters. The van der Waals surface area contributed by atoms with Gasteiger partial charge in [-0.3, -0.25) is 0 Å². The van der Waals surface area contributed by atoms with Crippen LogP contribution in [-0.2, 0) is 0 Å². The van der Waals surface area contributed by atoms with Crippen LogP contribution < -0.4 is 4.90 Å². The van der Waals surface area contributed by atoms with Gasteiger partial charge in [-0.05, 0) is 24.6 Å². The van der Waals surface area contributed by atoms with Gasteiger partial charge in [0.2, 0.25) is 0 Å². The van der Waals surface area contributed by atoms with Gasteiger partial charge in [0.15, 0.2) is 0 Å². The van der Waals surface area contributed by atoms with Crippen molar-refractivity contribution in [2.24, 2.45) is 0 Å². The summed E-state index contributed by atoms with van der Waals surface area (Å²) < 4.78 is 12.8. The van der Waals surface area contributed by atoms with Crippen LogP contribution in [0, 0.1) is 6.07 Å². The third-order valence-electron chi connectivity index (χ3n) is 2.19. The monoisotopic (exact) mass is 164 g/mol. The highest BCUT2D eigenvalue weighted by Crippen LogP contribution is 2.20. The Morgan fingerprint density at radius 1 is 1.58 bits per heavy atom. The van der Waals surface area contributed by atoms with Gasteiger partial charge in [-0.25, -0.2) is 4.39 Å². The molecule has 0 N–H and O–H groups in total. The van der Waals surface area contributed by atoms with E-state index in [9.17, 15) is 4.39 Å². The number of hydrogen-bond acceptors (Lipinski definition) is 1. The Labute approximate surface area is 71.8 Å². The highest BCUT2D eigenvalue weighted by Gasteiger charge is 2.21. The lowest BCUT2D eigenvalue weighted by atomic mass is 10.3. The number of alkyl halides is 1. The zero-order valence-electron chi connectivity index (χ0n) is 6.83. The number of nitrogens with zero attached hydrogens (tertiary/aromatic N) is 1. The first-order chi connectivity index (χ1) is 5.86. The van der Waals surface area contributed by atoms with Crippen molar-refractivity contribution >= 4 is 5.69 Å². The number of benzene rings is 1. The predicted octanol–water partition coefficient (Wildman–Crippen LogP) is 2.03. The molecule has 2 rings (SSSR count). The van der Waals surface area contributed by atoms with Crippen molar-refractivity contribution in [3.05, 3.63) is 30.3 Å². The minimum absolute atomic E-state index is 0.540. The van der Waals surface area contributed by atoms with Crippen LogP contribution in [0.15, 0.2) is 24.3 Å². The van der Waals surface area contributed by atoms with Gasteiger partial charge in [0.25, 0.3) is 0 Å². The zero-order valence-corrected chi connectivity index (χ0v) is 6.83. The third kappa shape index (κ3) is 1.42.